The maximum Gasteiger partial charge on any atom is 0.412 e. The van der Waals surface area contributed by atoms with Crippen LogP contribution in [0, 0.1) is 64.7 Å². The summed E-state index contributed by atoms with van der Waals surface area (Å²) in [7, 11) is -4.33. The molecule has 1 saturated heterocycles. The quantitative estimate of drug-likeness (QED) is 0.164. The SMILES string of the molecule is C#CCN(C[C@H]1[C@H](OC(=O)Nc2c(C)noc2C)[C@H](OC(=O)Nc2c(C)noc2C)C[C@H]2C(=O)N(c3ccccc3)C(=O)[C@@H]12)S(=O)(=O)c1ccc(C)cc1. The molecule has 1 saturated carbocycles. The Morgan fingerprint density at radius 3 is 2.00 bits per heavy atom. The normalized spacial score (nSPS) is 21.1. The average molecular weight is 759 g/mol. The Morgan fingerprint density at radius 2 is 1.46 bits per heavy atom. The summed E-state index contributed by atoms with van der Waals surface area (Å²) in [6, 6.07) is 14.3. The first-order chi connectivity index (χ1) is 25.7. The molecule has 2 N–H and O–H groups in total. The van der Waals surface area contributed by atoms with Crippen LogP contribution in [0.4, 0.5) is 26.7 Å². The van der Waals surface area contributed by atoms with Crippen molar-refractivity contribution in [1.82, 2.24) is 14.6 Å². The summed E-state index contributed by atoms with van der Waals surface area (Å²) in [4.78, 5) is 56.8. The first-order valence-electron chi connectivity index (χ1n) is 16.9. The number of rotatable bonds is 10. The van der Waals surface area contributed by atoms with Crippen molar-refractivity contribution in [2.45, 2.75) is 58.1 Å². The van der Waals surface area contributed by atoms with Crippen LogP contribution in [0.15, 0.2) is 68.5 Å². The first kappa shape index (κ1) is 37.8. The predicted octanol–water partition coefficient (Wildman–Crippen LogP) is 4.89. The Balaban J connectivity index is 1.44. The standard InChI is InChI=1S/C37H38N6O10S/c1-7-17-42(54(48,49)26-15-13-20(2)14-16-26)19-28-30-27(34(44)43(35(30)45)25-11-9-8-10-12-25)18-29(50-36(46)38-31-21(3)40-52-23(31)5)33(28)51-37(47)39-32-22(4)41-53-24(32)6/h1,8-16,27-30,33H,17-19H2,2-6H3,(H,38,46)(H,39,47)/t27-,28-,29-,30-,33+/m1/s1. The fourth-order valence-electron chi connectivity index (χ4n) is 6.96. The van der Waals surface area contributed by atoms with Gasteiger partial charge in [0.1, 0.15) is 35.0 Å². The Hall–Kier alpha value is -5.99. The van der Waals surface area contributed by atoms with Crippen LogP contribution in [0.25, 0.3) is 0 Å². The second-order valence-electron chi connectivity index (χ2n) is 13.2. The molecule has 1 aliphatic heterocycles. The summed E-state index contributed by atoms with van der Waals surface area (Å²) in [5, 5.41) is 12.8. The summed E-state index contributed by atoms with van der Waals surface area (Å²) in [6.07, 6.45) is 0.523. The molecule has 0 bridgehead atoms. The zero-order chi connectivity index (χ0) is 38.9. The van der Waals surface area contributed by atoms with E-state index >= 15 is 0 Å². The molecule has 2 aliphatic rings. The van der Waals surface area contributed by atoms with Crippen molar-refractivity contribution in [2.75, 3.05) is 28.6 Å². The van der Waals surface area contributed by atoms with E-state index in [0.29, 0.717) is 17.1 Å². The molecule has 0 spiro atoms. The van der Waals surface area contributed by atoms with Gasteiger partial charge in [0, 0.05) is 18.9 Å². The lowest BCUT2D eigenvalue weighted by molar-refractivity contribution is -0.136. The molecule has 6 rings (SSSR count). The highest BCUT2D eigenvalue weighted by molar-refractivity contribution is 7.89. The van der Waals surface area contributed by atoms with Gasteiger partial charge in [0.25, 0.3) is 0 Å². The third-order valence-electron chi connectivity index (χ3n) is 9.59. The van der Waals surface area contributed by atoms with Crippen molar-refractivity contribution in [3.63, 3.8) is 0 Å². The Kier molecular flexibility index (Phi) is 10.6. The van der Waals surface area contributed by atoms with E-state index in [2.05, 4.69) is 26.9 Å². The van der Waals surface area contributed by atoms with Gasteiger partial charge in [0.15, 0.2) is 11.5 Å². The Morgan fingerprint density at radius 1 is 0.889 bits per heavy atom. The Bertz CT molecular complexity index is 2190. The molecule has 4 aromatic rings. The number of benzene rings is 2. The van der Waals surface area contributed by atoms with Crippen molar-refractivity contribution in [3.8, 4) is 12.3 Å². The van der Waals surface area contributed by atoms with Gasteiger partial charge < -0.3 is 18.5 Å². The van der Waals surface area contributed by atoms with Crippen molar-refractivity contribution < 1.29 is 46.1 Å². The smallest absolute Gasteiger partial charge is 0.412 e. The number of ether oxygens (including phenoxy) is 2. The largest absolute Gasteiger partial charge is 0.442 e. The fraction of sp³-hybridized carbons (Fsp3) is 0.351. The van der Waals surface area contributed by atoms with Crippen LogP contribution >= 0.6 is 0 Å². The highest BCUT2D eigenvalue weighted by Gasteiger charge is 2.60. The minimum atomic E-state index is -4.33. The van der Waals surface area contributed by atoms with E-state index in [1.807, 2.05) is 0 Å². The number of hydrogen-bond acceptors (Lipinski definition) is 12. The maximum absolute atomic E-state index is 14.4. The van der Waals surface area contributed by atoms with Crippen molar-refractivity contribution >= 4 is 51.1 Å². The lowest BCUT2D eigenvalue weighted by Gasteiger charge is -2.42. The number of hydrogen-bond donors (Lipinski definition) is 2. The summed E-state index contributed by atoms with van der Waals surface area (Å²) in [5.41, 5.74) is 2.27. The number of imide groups is 1. The molecule has 2 aromatic heterocycles. The lowest BCUT2D eigenvalue weighted by Crippen LogP contribution is -2.56. The van der Waals surface area contributed by atoms with E-state index in [4.69, 9.17) is 24.9 Å². The minimum Gasteiger partial charge on any atom is -0.442 e. The molecule has 2 fully saturated rings. The number of aryl methyl sites for hydroxylation is 5. The van der Waals surface area contributed by atoms with Crippen LogP contribution in [-0.4, -0.2) is 72.3 Å². The van der Waals surface area contributed by atoms with E-state index in [-0.39, 0.29) is 34.1 Å². The number of sulfonamides is 1. The van der Waals surface area contributed by atoms with Gasteiger partial charge in [0.2, 0.25) is 21.8 Å². The predicted molar refractivity (Wildman–Crippen MR) is 193 cm³/mol. The molecule has 3 heterocycles. The van der Waals surface area contributed by atoms with Crippen LogP contribution in [0.2, 0.25) is 0 Å². The van der Waals surface area contributed by atoms with Gasteiger partial charge in [-0.3, -0.25) is 25.1 Å². The van der Waals surface area contributed by atoms with Crippen LogP contribution in [0.5, 0.6) is 0 Å². The van der Waals surface area contributed by atoms with Gasteiger partial charge in [-0.2, -0.15) is 4.31 Å². The molecule has 1 aliphatic carbocycles. The molecule has 0 unspecified atom stereocenters. The number of nitrogens with one attached hydrogen (secondary N) is 2. The second kappa shape index (κ2) is 15.2. The van der Waals surface area contributed by atoms with Crippen molar-refractivity contribution in [3.05, 3.63) is 83.1 Å². The van der Waals surface area contributed by atoms with Gasteiger partial charge in [-0.25, -0.2) is 18.0 Å². The number of fused-ring (bicyclic) bond motifs is 1. The molecule has 5 atom stereocenters. The number of para-hydroxylation sites is 1. The average Bonchev–Trinajstić information content (AvgIpc) is 3.72. The number of aromatic nitrogens is 2. The number of amides is 4. The van der Waals surface area contributed by atoms with E-state index in [1.54, 1.807) is 77.1 Å². The van der Waals surface area contributed by atoms with Gasteiger partial charge in [-0.05, 0) is 58.9 Å². The van der Waals surface area contributed by atoms with Crippen LogP contribution < -0.4 is 15.5 Å². The number of carbonyl (C=O) groups is 4. The van der Waals surface area contributed by atoms with Crippen LogP contribution in [-0.2, 0) is 29.1 Å². The van der Waals surface area contributed by atoms with Gasteiger partial charge >= 0.3 is 12.2 Å². The molecule has 17 heteroatoms. The number of nitrogens with zero attached hydrogens (tertiary/aromatic N) is 4. The molecule has 282 valence electrons. The molecule has 0 radical (unpaired) electrons. The lowest BCUT2D eigenvalue weighted by atomic mass is 9.70. The molecule has 16 nitrogen and oxygen atoms in total. The van der Waals surface area contributed by atoms with Crippen LogP contribution in [0.1, 0.15) is 34.9 Å². The molecule has 2 aromatic carbocycles. The zero-order valence-electron chi connectivity index (χ0n) is 30.1. The minimum absolute atomic E-state index is 0.0734. The van der Waals surface area contributed by atoms with E-state index < -0.39 is 77.1 Å². The third-order valence-corrected chi connectivity index (χ3v) is 11.4. The zero-order valence-corrected chi connectivity index (χ0v) is 30.9. The first-order valence-corrected chi connectivity index (χ1v) is 18.4. The van der Waals surface area contributed by atoms with E-state index in [1.165, 1.54) is 12.1 Å². The van der Waals surface area contributed by atoms with Crippen molar-refractivity contribution in [1.29, 1.82) is 0 Å². The number of terminal acetylenes is 1. The molecule has 4 amide bonds. The fourth-order valence-corrected chi connectivity index (χ4v) is 8.35. The van der Waals surface area contributed by atoms with Crippen molar-refractivity contribution in [2.24, 2.45) is 17.8 Å². The highest BCUT2D eigenvalue weighted by Crippen LogP contribution is 2.46. The monoisotopic (exact) mass is 758 g/mol. The summed E-state index contributed by atoms with van der Waals surface area (Å²) >= 11 is 0. The topological polar surface area (TPSA) is 203 Å². The third kappa shape index (κ3) is 7.30. The van der Waals surface area contributed by atoms with Crippen LogP contribution in [0.3, 0.4) is 0 Å². The van der Waals surface area contributed by atoms with Gasteiger partial charge in [-0.1, -0.05) is 52.1 Å². The van der Waals surface area contributed by atoms with E-state index in [0.717, 1.165) is 14.8 Å². The number of carbonyl (C=O) groups excluding carboxylic acids is 4. The molecular weight excluding hydrogens is 721 g/mol. The van der Waals surface area contributed by atoms with Gasteiger partial charge in [-0.15, -0.1) is 6.42 Å². The highest BCUT2D eigenvalue weighted by atomic mass is 32.2. The number of anilines is 3. The second-order valence-corrected chi connectivity index (χ2v) is 15.1. The summed E-state index contributed by atoms with van der Waals surface area (Å²) in [5.74, 6) is -1.91. The van der Waals surface area contributed by atoms with Gasteiger partial charge in [0.05, 0.1) is 29.0 Å². The molecular formula is C37H38N6O10S. The molecule has 54 heavy (non-hydrogen) atoms. The maximum atomic E-state index is 14.4. The van der Waals surface area contributed by atoms with E-state index in [9.17, 15) is 27.6 Å². The summed E-state index contributed by atoms with van der Waals surface area (Å²) in [6.45, 7) is 7.22. The Labute approximate surface area is 311 Å². The summed E-state index contributed by atoms with van der Waals surface area (Å²) < 4.78 is 51.6.